The van der Waals surface area contributed by atoms with Crippen molar-refractivity contribution in [2.75, 3.05) is 6.54 Å². The quantitative estimate of drug-likeness (QED) is 0.349. The van der Waals surface area contributed by atoms with Crippen LogP contribution in [0.15, 0.2) is 4.99 Å². The average Bonchev–Trinajstić information content (AvgIpc) is 2.25. The SMILES string of the molecule is CC(=O)CC1CC[C@@H](CCCN=C(N)N)C(=O)N1. The first kappa shape index (κ1) is 14.5. The van der Waals surface area contributed by atoms with Gasteiger partial charge in [0.2, 0.25) is 5.91 Å². The lowest BCUT2D eigenvalue weighted by Gasteiger charge is -2.28. The Morgan fingerprint density at radius 1 is 1.44 bits per heavy atom. The van der Waals surface area contributed by atoms with Crippen molar-refractivity contribution in [3.63, 3.8) is 0 Å². The molecule has 0 radical (unpaired) electrons. The number of nitrogens with one attached hydrogen (secondary N) is 1. The summed E-state index contributed by atoms with van der Waals surface area (Å²) in [5.74, 6) is 0.288. The summed E-state index contributed by atoms with van der Waals surface area (Å²) in [4.78, 5) is 26.7. The molecule has 0 saturated carbocycles. The standard InChI is InChI=1S/C12H22N4O2/c1-8(17)7-10-5-4-9(11(18)16-10)3-2-6-15-12(13)14/h9-10H,2-7H2,1H3,(H,16,18)(H4,13,14,15)/t9-,10?/m1/s1. The molecule has 0 aromatic carbocycles. The number of guanidine groups is 1. The number of Topliss-reactive ketones (excluding diaryl/α,β-unsaturated/α-hetero) is 1. The van der Waals surface area contributed by atoms with E-state index in [2.05, 4.69) is 10.3 Å². The largest absolute Gasteiger partial charge is 0.370 e. The first-order chi connectivity index (χ1) is 8.49. The molecule has 0 bridgehead atoms. The fraction of sp³-hybridized carbons (Fsp3) is 0.750. The Bertz CT molecular complexity index is 337. The molecule has 1 fully saturated rings. The molecule has 0 spiro atoms. The Morgan fingerprint density at radius 3 is 2.72 bits per heavy atom. The summed E-state index contributed by atoms with van der Waals surface area (Å²) in [7, 11) is 0. The smallest absolute Gasteiger partial charge is 0.223 e. The third kappa shape index (κ3) is 5.16. The van der Waals surface area contributed by atoms with E-state index < -0.39 is 0 Å². The molecule has 1 unspecified atom stereocenters. The first-order valence-electron chi connectivity index (χ1n) is 6.34. The van der Waals surface area contributed by atoms with Crippen LogP contribution in [0.4, 0.5) is 0 Å². The van der Waals surface area contributed by atoms with Crippen LogP contribution in [0.5, 0.6) is 0 Å². The maximum atomic E-state index is 11.8. The Labute approximate surface area is 107 Å². The van der Waals surface area contributed by atoms with Gasteiger partial charge in [0, 0.05) is 24.9 Å². The van der Waals surface area contributed by atoms with E-state index in [4.69, 9.17) is 11.5 Å². The lowest BCUT2D eigenvalue weighted by atomic mass is 9.88. The van der Waals surface area contributed by atoms with Crippen molar-refractivity contribution in [2.24, 2.45) is 22.4 Å². The Morgan fingerprint density at radius 2 is 2.17 bits per heavy atom. The summed E-state index contributed by atoms with van der Waals surface area (Å²) in [6.07, 6.45) is 3.74. The van der Waals surface area contributed by atoms with Gasteiger partial charge in [-0.1, -0.05) is 0 Å². The molecule has 6 nitrogen and oxygen atoms in total. The number of hydrogen-bond acceptors (Lipinski definition) is 3. The van der Waals surface area contributed by atoms with Crippen molar-refractivity contribution in [3.8, 4) is 0 Å². The van der Waals surface area contributed by atoms with Crippen LogP contribution in [0, 0.1) is 5.92 Å². The monoisotopic (exact) mass is 254 g/mol. The van der Waals surface area contributed by atoms with Crippen LogP contribution in [0.2, 0.25) is 0 Å². The fourth-order valence-electron chi connectivity index (χ4n) is 2.25. The van der Waals surface area contributed by atoms with Crippen LogP contribution in [-0.2, 0) is 9.59 Å². The van der Waals surface area contributed by atoms with Crippen LogP contribution in [0.3, 0.4) is 0 Å². The second-order valence-corrected chi connectivity index (χ2v) is 4.83. The summed E-state index contributed by atoms with van der Waals surface area (Å²) in [5, 5.41) is 2.90. The number of aliphatic imine (C=N–C) groups is 1. The van der Waals surface area contributed by atoms with Gasteiger partial charge >= 0.3 is 0 Å². The number of hydrogen-bond donors (Lipinski definition) is 3. The van der Waals surface area contributed by atoms with Crippen molar-refractivity contribution in [2.45, 2.75) is 45.1 Å². The van der Waals surface area contributed by atoms with Crippen molar-refractivity contribution in [1.29, 1.82) is 0 Å². The van der Waals surface area contributed by atoms with Gasteiger partial charge in [-0.15, -0.1) is 0 Å². The van der Waals surface area contributed by atoms with E-state index >= 15 is 0 Å². The molecule has 1 heterocycles. The van der Waals surface area contributed by atoms with E-state index in [0.29, 0.717) is 13.0 Å². The molecule has 1 aliphatic rings. The summed E-state index contributed by atoms with van der Waals surface area (Å²) >= 11 is 0. The fourth-order valence-corrected chi connectivity index (χ4v) is 2.25. The minimum Gasteiger partial charge on any atom is -0.370 e. The second kappa shape index (κ2) is 6.98. The van der Waals surface area contributed by atoms with Gasteiger partial charge in [-0.3, -0.25) is 14.6 Å². The number of amides is 1. The lowest BCUT2D eigenvalue weighted by Crippen LogP contribution is -2.44. The van der Waals surface area contributed by atoms with Gasteiger partial charge in [-0.2, -0.15) is 0 Å². The van der Waals surface area contributed by atoms with Crippen LogP contribution >= 0.6 is 0 Å². The highest BCUT2D eigenvalue weighted by Gasteiger charge is 2.27. The molecule has 1 rings (SSSR count). The van der Waals surface area contributed by atoms with E-state index in [9.17, 15) is 9.59 Å². The summed E-state index contributed by atoms with van der Waals surface area (Å²) in [6, 6.07) is 0.0176. The summed E-state index contributed by atoms with van der Waals surface area (Å²) in [6.45, 7) is 2.11. The number of carbonyl (C=O) groups excluding carboxylic acids is 2. The number of ketones is 1. The molecule has 1 amide bonds. The summed E-state index contributed by atoms with van der Waals surface area (Å²) < 4.78 is 0. The number of piperidine rings is 1. The maximum Gasteiger partial charge on any atom is 0.223 e. The molecule has 0 aliphatic carbocycles. The Balaban J connectivity index is 2.27. The zero-order valence-corrected chi connectivity index (χ0v) is 10.8. The molecule has 1 saturated heterocycles. The van der Waals surface area contributed by atoms with Gasteiger partial charge in [0.15, 0.2) is 5.96 Å². The van der Waals surface area contributed by atoms with E-state index in [1.165, 1.54) is 0 Å². The topological polar surface area (TPSA) is 111 Å². The van der Waals surface area contributed by atoms with Crippen LogP contribution in [0.25, 0.3) is 0 Å². The first-order valence-corrected chi connectivity index (χ1v) is 6.34. The minimum absolute atomic E-state index is 0.0176. The average molecular weight is 254 g/mol. The van der Waals surface area contributed by atoms with Gasteiger partial charge in [0.05, 0.1) is 0 Å². The zero-order valence-electron chi connectivity index (χ0n) is 10.8. The highest BCUT2D eigenvalue weighted by atomic mass is 16.2. The molecule has 102 valence electrons. The molecule has 0 aromatic heterocycles. The highest BCUT2D eigenvalue weighted by Crippen LogP contribution is 2.21. The number of nitrogens with zero attached hydrogens (tertiary/aromatic N) is 1. The number of rotatable bonds is 6. The van der Waals surface area contributed by atoms with E-state index in [1.807, 2.05) is 0 Å². The lowest BCUT2D eigenvalue weighted by molar-refractivity contribution is -0.128. The van der Waals surface area contributed by atoms with Crippen LogP contribution in [0.1, 0.15) is 39.0 Å². The van der Waals surface area contributed by atoms with E-state index in [1.54, 1.807) is 6.92 Å². The van der Waals surface area contributed by atoms with Crippen molar-refractivity contribution in [1.82, 2.24) is 5.32 Å². The maximum absolute atomic E-state index is 11.8. The van der Waals surface area contributed by atoms with Crippen LogP contribution in [-0.4, -0.2) is 30.2 Å². The molecular formula is C12H22N4O2. The van der Waals surface area contributed by atoms with Gasteiger partial charge in [-0.25, -0.2) is 0 Å². The van der Waals surface area contributed by atoms with Gasteiger partial charge in [0.25, 0.3) is 0 Å². The molecule has 5 N–H and O–H groups in total. The predicted octanol–water partition coefficient (Wildman–Crippen LogP) is -0.0861. The van der Waals surface area contributed by atoms with E-state index in [0.717, 1.165) is 25.7 Å². The molecule has 1 aliphatic heterocycles. The third-order valence-electron chi connectivity index (χ3n) is 3.12. The molecule has 2 atom stereocenters. The molecule has 0 aromatic rings. The highest BCUT2D eigenvalue weighted by molar-refractivity contribution is 5.82. The number of carbonyl (C=O) groups is 2. The zero-order chi connectivity index (χ0) is 13.5. The van der Waals surface area contributed by atoms with Crippen LogP contribution < -0.4 is 16.8 Å². The van der Waals surface area contributed by atoms with Gasteiger partial charge < -0.3 is 16.8 Å². The van der Waals surface area contributed by atoms with Crippen molar-refractivity contribution < 1.29 is 9.59 Å². The van der Waals surface area contributed by atoms with Crippen molar-refractivity contribution >= 4 is 17.6 Å². The molecule has 18 heavy (non-hydrogen) atoms. The molecular weight excluding hydrogens is 232 g/mol. The number of nitrogens with two attached hydrogens (primary N) is 2. The summed E-state index contributed by atoms with van der Waals surface area (Å²) in [5.41, 5.74) is 10.4. The predicted molar refractivity (Wildman–Crippen MR) is 69.9 cm³/mol. The van der Waals surface area contributed by atoms with Crippen molar-refractivity contribution in [3.05, 3.63) is 0 Å². The third-order valence-corrected chi connectivity index (χ3v) is 3.12. The van der Waals surface area contributed by atoms with Gasteiger partial charge in [0.1, 0.15) is 5.78 Å². The molecule has 6 heteroatoms. The Kier molecular flexibility index (Phi) is 5.61. The second-order valence-electron chi connectivity index (χ2n) is 4.83. The minimum atomic E-state index is 0.0176. The van der Waals surface area contributed by atoms with Gasteiger partial charge in [-0.05, 0) is 32.6 Å². The van der Waals surface area contributed by atoms with E-state index in [-0.39, 0.29) is 29.6 Å². The normalized spacial score (nSPS) is 23.3. The Hall–Kier alpha value is -1.59.